The molecule has 116 valence electrons. The quantitative estimate of drug-likeness (QED) is 0.442. The number of rotatable bonds is 11. The van der Waals surface area contributed by atoms with Gasteiger partial charge in [-0.3, -0.25) is 0 Å². The number of hydrogen-bond donors (Lipinski definition) is 0. The van der Waals surface area contributed by atoms with Gasteiger partial charge in [0.15, 0.2) is 0 Å². The molecule has 1 heterocycles. The van der Waals surface area contributed by atoms with Gasteiger partial charge in [0, 0.05) is 0 Å². The summed E-state index contributed by atoms with van der Waals surface area (Å²) in [7, 11) is 0. The molecule has 0 aromatic carbocycles. The van der Waals surface area contributed by atoms with Gasteiger partial charge in [-0.25, -0.2) is 0 Å². The third-order valence-electron chi connectivity index (χ3n) is 4.41. The molecule has 3 heteroatoms. The third-order valence-corrected chi connectivity index (χ3v) is 19.7. The molecular weight excluding hydrogens is 353 g/mol. The monoisotopic (exact) mass is 387 g/mol. The van der Waals surface area contributed by atoms with Crippen molar-refractivity contribution in [2.75, 3.05) is 0 Å². The van der Waals surface area contributed by atoms with E-state index in [1.165, 1.54) is 48.7 Å². The second kappa shape index (κ2) is 9.86. The summed E-state index contributed by atoms with van der Waals surface area (Å²) in [6, 6.07) is 2.18. The predicted octanol–water partition coefficient (Wildman–Crippen LogP) is 5.91. The van der Waals surface area contributed by atoms with E-state index in [1.807, 2.05) is 6.92 Å². The summed E-state index contributed by atoms with van der Waals surface area (Å²) in [5.74, 6) is 1.18. The van der Waals surface area contributed by atoms with E-state index in [0.717, 1.165) is 5.69 Å². The third kappa shape index (κ3) is 6.19. The molecule has 0 amide bonds. The molecule has 0 saturated carbocycles. The van der Waals surface area contributed by atoms with Gasteiger partial charge < -0.3 is 0 Å². The topological polar surface area (TPSA) is 26.0 Å². The Labute approximate surface area is 129 Å². The number of aryl methyl sites for hydroxylation is 1. The van der Waals surface area contributed by atoms with Gasteiger partial charge in [-0.1, -0.05) is 0 Å². The first-order valence-corrected chi connectivity index (χ1v) is 16.6. The fourth-order valence-electron chi connectivity index (χ4n) is 3.16. The summed E-state index contributed by atoms with van der Waals surface area (Å²) in [6.45, 7) is 9.02. The molecule has 0 bridgehead atoms. The van der Waals surface area contributed by atoms with Gasteiger partial charge >= 0.3 is 130 Å². The Morgan fingerprint density at radius 2 is 1.45 bits per heavy atom. The second-order valence-electron chi connectivity index (χ2n) is 6.42. The summed E-state index contributed by atoms with van der Waals surface area (Å²) in [6.07, 6.45) is 8.30. The summed E-state index contributed by atoms with van der Waals surface area (Å²) < 4.78 is 11.5. The van der Waals surface area contributed by atoms with E-state index in [0.29, 0.717) is 0 Å². The Balaban J connectivity index is 2.80. The van der Waals surface area contributed by atoms with Crippen molar-refractivity contribution < 1.29 is 4.52 Å². The van der Waals surface area contributed by atoms with Crippen LogP contribution >= 0.6 is 0 Å². The molecule has 0 fully saturated rings. The van der Waals surface area contributed by atoms with Crippen molar-refractivity contribution in [3.8, 4) is 0 Å². The Hall–Kier alpha value is 0.00870. The first-order valence-electron chi connectivity index (χ1n) is 8.58. The molecule has 0 radical (unpaired) electrons. The maximum absolute atomic E-state index is 5.56. The van der Waals surface area contributed by atoms with Crippen molar-refractivity contribution in [2.24, 2.45) is 0 Å². The maximum atomic E-state index is 5.56. The van der Waals surface area contributed by atoms with Gasteiger partial charge in [0.05, 0.1) is 0 Å². The predicted molar refractivity (Wildman–Crippen MR) is 89.8 cm³/mol. The van der Waals surface area contributed by atoms with Crippen molar-refractivity contribution in [1.29, 1.82) is 0 Å². The van der Waals surface area contributed by atoms with Gasteiger partial charge in [0.1, 0.15) is 0 Å². The Morgan fingerprint density at radius 1 is 0.950 bits per heavy atom. The SMILES string of the molecule is CCC[CH2][Sn]([CH2]CCC)([CH2]CCC)[CH2]c1cc(C)no1. The normalized spacial score (nSPS) is 12.0. The summed E-state index contributed by atoms with van der Waals surface area (Å²) in [5.41, 5.74) is 1.04. The molecule has 20 heavy (non-hydrogen) atoms. The van der Waals surface area contributed by atoms with Crippen LogP contribution in [0.3, 0.4) is 0 Å². The van der Waals surface area contributed by atoms with Crippen LogP contribution in [0.5, 0.6) is 0 Å². The van der Waals surface area contributed by atoms with Gasteiger partial charge in [0.2, 0.25) is 0 Å². The second-order valence-corrected chi connectivity index (χ2v) is 20.3. The van der Waals surface area contributed by atoms with Crippen LogP contribution < -0.4 is 0 Å². The van der Waals surface area contributed by atoms with Crippen LogP contribution in [0.15, 0.2) is 10.6 Å². The van der Waals surface area contributed by atoms with E-state index in [1.54, 1.807) is 13.3 Å². The van der Waals surface area contributed by atoms with Crippen molar-refractivity contribution >= 4 is 18.4 Å². The summed E-state index contributed by atoms with van der Waals surface area (Å²) in [4.78, 5) is 0. The Kier molecular flexibility index (Phi) is 8.90. The molecule has 0 N–H and O–H groups in total. The van der Waals surface area contributed by atoms with Gasteiger partial charge in [-0.2, -0.15) is 0 Å². The van der Waals surface area contributed by atoms with E-state index in [-0.39, 0.29) is 0 Å². The van der Waals surface area contributed by atoms with Crippen molar-refractivity contribution in [2.45, 2.75) is 84.0 Å². The molecule has 0 aliphatic carbocycles. The molecule has 0 atom stereocenters. The number of hydrogen-bond acceptors (Lipinski definition) is 2. The van der Waals surface area contributed by atoms with E-state index in [9.17, 15) is 0 Å². The number of unbranched alkanes of at least 4 members (excludes halogenated alkanes) is 3. The van der Waals surface area contributed by atoms with E-state index >= 15 is 0 Å². The number of nitrogens with zero attached hydrogens (tertiary/aromatic N) is 1. The number of aromatic nitrogens is 1. The average Bonchev–Trinajstić information content (AvgIpc) is 2.85. The standard InChI is InChI=1S/C5H6NO.3C4H9.Sn/c1-4-3-5(2)7-6-4;3*1-3-4-2;/h3H,2H2,1H3;3*1,3-4H2,2H3;. The molecule has 0 spiro atoms. The Bertz CT molecular complexity index is 340. The molecule has 1 aromatic heterocycles. The fourth-order valence-corrected chi connectivity index (χ4v) is 18.9. The van der Waals surface area contributed by atoms with Crippen LogP contribution in [-0.4, -0.2) is 23.5 Å². The van der Waals surface area contributed by atoms with E-state index in [2.05, 4.69) is 32.0 Å². The van der Waals surface area contributed by atoms with Crippen LogP contribution in [0.4, 0.5) is 0 Å². The first kappa shape index (κ1) is 18.1. The average molecular weight is 386 g/mol. The van der Waals surface area contributed by atoms with Crippen LogP contribution in [-0.2, 0) is 4.44 Å². The minimum absolute atomic E-state index is 1.04. The zero-order chi connectivity index (χ0) is 14.8. The minimum atomic E-state index is -2.07. The molecule has 0 aliphatic heterocycles. The van der Waals surface area contributed by atoms with Gasteiger partial charge in [-0.15, -0.1) is 0 Å². The van der Waals surface area contributed by atoms with Crippen molar-refractivity contribution in [3.63, 3.8) is 0 Å². The van der Waals surface area contributed by atoms with Gasteiger partial charge in [-0.05, 0) is 0 Å². The van der Waals surface area contributed by atoms with Crippen LogP contribution in [0.25, 0.3) is 0 Å². The van der Waals surface area contributed by atoms with E-state index < -0.39 is 18.4 Å². The van der Waals surface area contributed by atoms with Crippen molar-refractivity contribution in [3.05, 3.63) is 17.5 Å². The molecule has 0 saturated heterocycles. The van der Waals surface area contributed by atoms with Gasteiger partial charge in [0.25, 0.3) is 0 Å². The molecule has 2 nitrogen and oxygen atoms in total. The molecular formula is C17H33NOSn. The van der Waals surface area contributed by atoms with Crippen molar-refractivity contribution in [1.82, 2.24) is 5.16 Å². The van der Waals surface area contributed by atoms with E-state index in [4.69, 9.17) is 4.52 Å². The summed E-state index contributed by atoms with van der Waals surface area (Å²) >= 11 is -2.07. The van der Waals surface area contributed by atoms with Crippen LogP contribution in [0, 0.1) is 6.92 Å². The first-order chi connectivity index (χ1) is 9.65. The van der Waals surface area contributed by atoms with Crippen LogP contribution in [0.1, 0.15) is 70.8 Å². The molecule has 0 unspecified atom stereocenters. The Morgan fingerprint density at radius 3 is 1.80 bits per heavy atom. The fraction of sp³-hybridized carbons (Fsp3) is 0.824. The zero-order valence-corrected chi connectivity index (χ0v) is 16.9. The zero-order valence-electron chi connectivity index (χ0n) is 14.0. The molecule has 1 rings (SSSR count). The molecule has 1 aromatic rings. The summed E-state index contributed by atoms with van der Waals surface area (Å²) in [5, 5.41) is 4.10. The van der Waals surface area contributed by atoms with Crippen LogP contribution in [0.2, 0.25) is 13.3 Å². The molecule has 0 aliphatic rings.